The number of benzene rings is 4. The zero-order valence-corrected chi connectivity index (χ0v) is 29.8. The third-order valence-corrected chi connectivity index (χ3v) is 9.27. The van der Waals surface area contributed by atoms with E-state index in [1.165, 1.54) is 0 Å². The van der Waals surface area contributed by atoms with Crippen LogP contribution in [0.4, 0.5) is 17.1 Å². The number of rotatable bonds is 9. The van der Waals surface area contributed by atoms with Crippen LogP contribution in [0, 0.1) is 27.7 Å². The first kappa shape index (κ1) is 33.2. The highest BCUT2D eigenvalue weighted by atomic mass is 16.5. The number of aryl methyl sites for hydroxylation is 4. The molecule has 0 aliphatic heterocycles. The monoisotopic (exact) mass is 668 g/mol. The van der Waals surface area contributed by atoms with Crippen molar-refractivity contribution in [2.45, 2.75) is 27.7 Å². The number of nitrogens with zero attached hydrogens (tertiary/aromatic N) is 4. The molecule has 0 radical (unpaired) electrons. The fourth-order valence-corrected chi connectivity index (χ4v) is 6.61. The van der Waals surface area contributed by atoms with Gasteiger partial charge in [0.15, 0.2) is 0 Å². The van der Waals surface area contributed by atoms with Gasteiger partial charge in [0.25, 0.3) is 0 Å². The number of hydrogen-bond acceptors (Lipinski definition) is 6. The van der Waals surface area contributed by atoms with E-state index >= 15 is 0 Å². The highest BCUT2D eigenvalue weighted by Crippen LogP contribution is 2.44. The van der Waals surface area contributed by atoms with Crippen LogP contribution < -0.4 is 14.4 Å². The zero-order valence-electron chi connectivity index (χ0n) is 29.8. The lowest BCUT2D eigenvalue weighted by Crippen LogP contribution is -2.14. The quantitative estimate of drug-likeness (QED) is 0.153. The molecule has 0 unspecified atom stereocenters. The second kappa shape index (κ2) is 14.3. The molecule has 0 amide bonds. The normalized spacial score (nSPS) is 10.9. The van der Waals surface area contributed by atoms with Gasteiger partial charge in [-0.2, -0.15) is 0 Å². The maximum absolute atomic E-state index is 5.94. The minimum absolute atomic E-state index is 0.714. The predicted octanol–water partition coefficient (Wildman–Crippen LogP) is 11.3. The number of ether oxygens (including phenoxy) is 2. The summed E-state index contributed by atoms with van der Waals surface area (Å²) >= 11 is 0. The van der Waals surface area contributed by atoms with Gasteiger partial charge in [-0.05, 0) is 109 Å². The molecule has 7 rings (SSSR count). The Hall–Kier alpha value is -6.27. The molecular weight excluding hydrogens is 629 g/mol. The van der Waals surface area contributed by atoms with Crippen molar-refractivity contribution >= 4 is 17.1 Å². The van der Waals surface area contributed by atoms with Gasteiger partial charge < -0.3 is 14.4 Å². The topological polar surface area (TPSA) is 60.4 Å². The van der Waals surface area contributed by atoms with Crippen molar-refractivity contribution in [2.75, 3.05) is 19.1 Å². The van der Waals surface area contributed by atoms with E-state index < -0.39 is 0 Å². The van der Waals surface area contributed by atoms with Gasteiger partial charge in [-0.1, -0.05) is 60.7 Å². The van der Waals surface area contributed by atoms with E-state index in [4.69, 9.17) is 24.4 Å². The Balaban J connectivity index is 1.43. The van der Waals surface area contributed by atoms with Crippen LogP contribution in [-0.2, 0) is 0 Å². The maximum Gasteiger partial charge on any atom is 0.121 e. The third kappa shape index (κ3) is 6.81. The predicted molar refractivity (Wildman–Crippen MR) is 208 cm³/mol. The van der Waals surface area contributed by atoms with E-state index in [-0.39, 0.29) is 0 Å². The van der Waals surface area contributed by atoms with Gasteiger partial charge in [-0.25, -0.2) is 0 Å². The van der Waals surface area contributed by atoms with Gasteiger partial charge in [-0.3, -0.25) is 15.0 Å². The standard InChI is InChI=1S/C45H40N4O2/c1-29-17-18-46-32(4)45(29)49(37-19-35(21-39(23-37)50-5)43-25-41(30(2)27-47-43)33-13-9-7-10-14-33)38-20-36(22-40(24-38)51-6)44-26-42(31(3)28-48-44)34-15-11-8-12-16-34/h7-28H,1-6H3. The summed E-state index contributed by atoms with van der Waals surface area (Å²) in [5.41, 5.74) is 15.1. The van der Waals surface area contributed by atoms with E-state index in [9.17, 15) is 0 Å². The lowest BCUT2D eigenvalue weighted by atomic mass is 9.98. The summed E-state index contributed by atoms with van der Waals surface area (Å²) in [6, 6.07) is 39.7. The molecule has 7 aromatic rings. The molecule has 4 aromatic carbocycles. The Morgan fingerprint density at radius 2 is 0.941 bits per heavy atom. The van der Waals surface area contributed by atoms with Gasteiger partial charge in [0, 0.05) is 41.9 Å². The summed E-state index contributed by atoms with van der Waals surface area (Å²) in [7, 11) is 3.39. The van der Waals surface area contributed by atoms with Crippen LogP contribution in [0.25, 0.3) is 44.8 Å². The molecule has 3 aromatic heterocycles. The molecule has 0 spiro atoms. The number of aromatic nitrogens is 3. The molecule has 6 nitrogen and oxygen atoms in total. The summed E-state index contributed by atoms with van der Waals surface area (Å²) < 4.78 is 11.9. The molecule has 0 fully saturated rings. The van der Waals surface area contributed by atoms with E-state index in [2.05, 4.69) is 111 Å². The van der Waals surface area contributed by atoms with Gasteiger partial charge in [0.2, 0.25) is 0 Å². The third-order valence-electron chi connectivity index (χ3n) is 9.27. The fourth-order valence-electron chi connectivity index (χ4n) is 6.61. The van der Waals surface area contributed by atoms with E-state index in [0.29, 0.717) is 11.5 Å². The van der Waals surface area contributed by atoms with Crippen LogP contribution in [0.3, 0.4) is 0 Å². The SMILES string of the molecule is COc1cc(-c2cc(-c3ccccc3)c(C)cn2)cc(N(c2cc(OC)cc(-c3cc(-c4ccccc4)c(C)cn3)c2)c2c(C)ccnc2C)c1. The Morgan fingerprint density at radius 1 is 0.471 bits per heavy atom. The van der Waals surface area contributed by atoms with E-state index in [1.54, 1.807) is 14.2 Å². The number of anilines is 3. The van der Waals surface area contributed by atoms with Crippen LogP contribution >= 0.6 is 0 Å². The van der Waals surface area contributed by atoms with Crippen LogP contribution in [0.15, 0.2) is 134 Å². The van der Waals surface area contributed by atoms with Crippen molar-refractivity contribution in [3.63, 3.8) is 0 Å². The average Bonchev–Trinajstić information content (AvgIpc) is 3.17. The second-order valence-electron chi connectivity index (χ2n) is 12.7. The van der Waals surface area contributed by atoms with Crippen LogP contribution in [0.5, 0.6) is 11.5 Å². The Morgan fingerprint density at radius 3 is 1.37 bits per heavy atom. The highest BCUT2D eigenvalue weighted by molar-refractivity contribution is 5.86. The molecule has 6 heteroatoms. The van der Waals surface area contributed by atoms with Crippen LogP contribution in [0.2, 0.25) is 0 Å². The van der Waals surface area contributed by atoms with Gasteiger partial charge in [0.1, 0.15) is 11.5 Å². The molecule has 0 bridgehead atoms. The van der Waals surface area contributed by atoms with Crippen molar-refractivity contribution < 1.29 is 9.47 Å². The molecule has 0 saturated carbocycles. The van der Waals surface area contributed by atoms with Crippen molar-refractivity contribution in [3.8, 4) is 56.3 Å². The van der Waals surface area contributed by atoms with Crippen LogP contribution in [-0.4, -0.2) is 29.2 Å². The second-order valence-corrected chi connectivity index (χ2v) is 12.7. The number of methoxy groups -OCH3 is 2. The lowest BCUT2D eigenvalue weighted by molar-refractivity contribution is 0.415. The first-order valence-corrected chi connectivity index (χ1v) is 17.0. The largest absolute Gasteiger partial charge is 0.497 e. The van der Waals surface area contributed by atoms with Gasteiger partial charge in [-0.15, -0.1) is 0 Å². The summed E-state index contributed by atoms with van der Waals surface area (Å²) in [6.07, 6.45) is 5.73. The first-order chi connectivity index (χ1) is 24.8. The molecule has 0 atom stereocenters. The summed E-state index contributed by atoms with van der Waals surface area (Å²) in [4.78, 5) is 16.8. The molecule has 252 valence electrons. The summed E-state index contributed by atoms with van der Waals surface area (Å²) in [6.45, 7) is 8.34. The molecular formula is C45H40N4O2. The van der Waals surface area contributed by atoms with Gasteiger partial charge >= 0.3 is 0 Å². The average molecular weight is 669 g/mol. The molecule has 0 aliphatic carbocycles. The lowest BCUT2D eigenvalue weighted by Gasteiger charge is -2.29. The Bertz CT molecular complexity index is 2180. The van der Waals surface area contributed by atoms with Gasteiger partial charge in [0.05, 0.1) is 48.4 Å². The fraction of sp³-hybridized carbons (Fsp3) is 0.133. The number of hydrogen-bond donors (Lipinski definition) is 0. The van der Waals surface area contributed by atoms with Crippen molar-refractivity contribution in [3.05, 3.63) is 156 Å². The zero-order chi connectivity index (χ0) is 35.5. The maximum atomic E-state index is 5.94. The highest BCUT2D eigenvalue weighted by Gasteiger charge is 2.22. The molecule has 3 heterocycles. The summed E-state index contributed by atoms with van der Waals surface area (Å²) in [5.74, 6) is 1.43. The Kier molecular flexibility index (Phi) is 9.32. The molecule has 0 aliphatic rings. The number of pyridine rings is 3. The van der Waals surface area contributed by atoms with Crippen molar-refractivity contribution in [1.82, 2.24) is 15.0 Å². The molecule has 51 heavy (non-hydrogen) atoms. The Labute approximate surface area is 300 Å². The van der Waals surface area contributed by atoms with Crippen LogP contribution in [0.1, 0.15) is 22.4 Å². The van der Waals surface area contributed by atoms with Crippen molar-refractivity contribution in [1.29, 1.82) is 0 Å². The summed E-state index contributed by atoms with van der Waals surface area (Å²) in [5, 5.41) is 0. The van der Waals surface area contributed by atoms with Crippen molar-refractivity contribution in [2.24, 2.45) is 0 Å². The first-order valence-electron chi connectivity index (χ1n) is 17.0. The smallest absolute Gasteiger partial charge is 0.121 e. The van der Waals surface area contributed by atoms with E-state index in [1.807, 2.05) is 55.8 Å². The molecule has 0 saturated heterocycles. The minimum Gasteiger partial charge on any atom is -0.497 e. The molecule has 0 N–H and O–H groups in total. The van der Waals surface area contributed by atoms with E-state index in [0.717, 1.165) is 84.2 Å². The minimum atomic E-state index is 0.714.